The Labute approximate surface area is 125 Å². The van der Waals surface area contributed by atoms with Gasteiger partial charge in [0, 0.05) is 18.0 Å². The molecule has 1 amide bonds. The molecule has 1 N–H and O–H groups in total. The van der Waals surface area contributed by atoms with Crippen LogP contribution >= 0.6 is 11.8 Å². The van der Waals surface area contributed by atoms with Crippen molar-refractivity contribution in [1.82, 2.24) is 4.90 Å². The lowest BCUT2D eigenvalue weighted by Crippen LogP contribution is -2.30. The van der Waals surface area contributed by atoms with Crippen LogP contribution in [0.15, 0.2) is 29.2 Å². The lowest BCUT2D eigenvalue weighted by Gasteiger charge is -2.17. The van der Waals surface area contributed by atoms with E-state index >= 15 is 0 Å². The molecule has 21 heavy (non-hydrogen) atoms. The number of likely N-dealkylation sites (tertiary alicyclic amines) is 1. The van der Waals surface area contributed by atoms with Crippen LogP contribution in [0.25, 0.3) is 0 Å². The molecule has 2 rings (SSSR count). The van der Waals surface area contributed by atoms with Gasteiger partial charge in [0.1, 0.15) is 0 Å². The van der Waals surface area contributed by atoms with Gasteiger partial charge < -0.3 is 10.0 Å². The molecule has 2 unspecified atom stereocenters. The van der Waals surface area contributed by atoms with Crippen LogP contribution in [0.2, 0.25) is 0 Å². The number of thioether (sulfide) groups is 1. The Morgan fingerprint density at radius 1 is 1.33 bits per heavy atom. The summed E-state index contributed by atoms with van der Waals surface area (Å²) >= 11 is 0.323. The first kappa shape index (κ1) is 15.8. The van der Waals surface area contributed by atoms with Gasteiger partial charge in [0.2, 0.25) is 0 Å². The summed E-state index contributed by atoms with van der Waals surface area (Å²) in [5.74, 6) is -4.70. The smallest absolute Gasteiger partial charge is 0.308 e. The van der Waals surface area contributed by atoms with Crippen molar-refractivity contribution in [3.63, 3.8) is 0 Å². The summed E-state index contributed by atoms with van der Waals surface area (Å²) in [6.45, 7) is 2.21. The molecule has 1 aromatic rings. The van der Waals surface area contributed by atoms with Crippen molar-refractivity contribution in [2.24, 2.45) is 11.8 Å². The van der Waals surface area contributed by atoms with Gasteiger partial charge in [-0.1, -0.05) is 30.8 Å². The van der Waals surface area contributed by atoms with Gasteiger partial charge in [0.25, 0.3) is 11.7 Å². The zero-order chi connectivity index (χ0) is 15.6. The number of aliphatic carboxylic acids is 1. The van der Waals surface area contributed by atoms with E-state index in [9.17, 15) is 18.4 Å². The van der Waals surface area contributed by atoms with Gasteiger partial charge in [-0.25, -0.2) is 0 Å². The average Bonchev–Trinajstić information content (AvgIpc) is 2.80. The third-order valence-electron chi connectivity index (χ3n) is 3.55. The largest absolute Gasteiger partial charge is 0.481 e. The molecule has 1 aliphatic rings. The highest BCUT2D eigenvalue weighted by Gasteiger charge is 2.37. The third kappa shape index (κ3) is 3.53. The Morgan fingerprint density at radius 2 is 2.00 bits per heavy atom. The van der Waals surface area contributed by atoms with Crippen molar-refractivity contribution in [2.75, 3.05) is 13.1 Å². The Hall–Kier alpha value is -1.63. The molecule has 1 saturated heterocycles. The van der Waals surface area contributed by atoms with Gasteiger partial charge in [-0.15, -0.1) is 0 Å². The molecule has 0 aromatic heterocycles. The number of carbonyl (C=O) groups excluding carboxylic acids is 1. The second-order valence-electron chi connectivity index (χ2n) is 5.01. The van der Waals surface area contributed by atoms with Gasteiger partial charge >= 0.3 is 5.97 Å². The minimum Gasteiger partial charge on any atom is -0.481 e. The minimum absolute atomic E-state index is 0.114. The van der Waals surface area contributed by atoms with Gasteiger partial charge in [-0.2, -0.15) is 8.78 Å². The summed E-state index contributed by atoms with van der Waals surface area (Å²) in [6.07, 6.45) is 0. The predicted molar refractivity (Wildman–Crippen MR) is 74.5 cm³/mol. The Bertz CT molecular complexity index is 553. The van der Waals surface area contributed by atoms with Crippen molar-refractivity contribution in [3.05, 3.63) is 29.8 Å². The van der Waals surface area contributed by atoms with Crippen LogP contribution in [0.3, 0.4) is 0 Å². The van der Waals surface area contributed by atoms with Crippen LogP contribution in [-0.4, -0.2) is 40.7 Å². The van der Waals surface area contributed by atoms with Crippen molar-refractivity contribution in [3.8, 4) is 0 Å². The van der Waals surface area contributed by atoms with E-state index in [0.29, 0.717) is 18.3 Å². The number of hydrogen-bond donors (Lipinski definition) is 1. The minimum atomic E-state index is -2.61. The quantitative estimate of drug-likeness (QED) is 0.868. The Balaban J connectivity index is 2.20. The van der Waals surface area contributed by atoms with Crippen LogP contribution in [0.5, 0.6) is 0 Å². The fourth-order valence-electron chi connectivity index (χ4n) is 2.47. The number of alkyl halides is 2. The van der Waals surface area contributed by atoms with E-state index in [-0.39, 0.29) is 22.9 Å². The van der Waals surface area contributed by atoms with Gasteiger partial charge in [-0.3, -0.25) is 9.59 Å². The highest BCUT2D eigenvalue weighted by atomic mass is 32.2. The van der Waals surface area contributed by atoms with Crippen molar-refractivity contribution in [1.29, 1.82) is 0 Å². The zero-order valence-corrected chi connectivity index (χ0v) is 12.1. The summed E-state index contributed by atoms with van der Waals surface area (Å²) in [6, 6.07) is 6.16. The van der Waals surface area contributed by atoms with Crippen LogP contribution in [-0.2, 0) is 4.79 Å². The molecule has 1 aromatic carbocycles. The normalized spacial score (nSPS) is 21.8. The van der Waals surface area contributed by atoms with E-state index in [1.54, 1.807) is 19.1 Å². The summed E-state index contributed by atoms with van der Waals surface area (Å²) in [5.41, 5.74) is 0.195. The topological polar surface area (TPSA) is 57.6 Å². The predicted octanol–water partition coefficient (Wildman–Crippen LogP) is 2.79. The number of hydrogen-bond acceptors (Lipinski definition) is 3. The molecule has 1 aliphatic heterocycles. The van der Waals surface area contributed by atoms with Crippen LogP contribution in [0.1, 0.15) is 17.3 Å². The monoisotopic (exact) mass is 315 g/mol. The van der Waals surface area contributed by atoms with Crippen LogP contribution in [0.4, 0.5) is 8.78 Å². The SMILES string of the molecule is CC1CN(C(=O)c2ccccc2SC(F)F)CC1C(=O)O. The zero-order valence-electron chi connectivity index (χ0n) is 11.3. The van der Waals surface area contributed by atoms with Crippen molar-refractivity contribution >= 4 is 23.6 Å². The molecule has 0 saturated carbocycles. The number of carboxylic acid groups (broad SMARTS) is 1. The molecule has 0 radical (unpaired) electrons. The number of benzene rings is 1. The van der Waals surface area contributed by atoms with Gasteiger partial charge in [0.15, 0.2) is 0 Å². The van der Waals surface area contributed by atoms with E-state index in [2.05, 4.69) is 0 Å². The summed E-state index contributed by atoms with van der Waals surface area (Å²) < 4.78 is 25.1. The first-order valence-electron chi connectivity index (χ1n) is 6.46. The maximum Gasteiger partial charge on any atom is 0.308 e. The summed E-state index contributed by atoms with van der Waals surface area (Å²) in [4.78, 5) is 25.2. The molecule has 0 aliphatic carbocycles. The van der Waals surface area contributed by atoms with E-state index in [1.807, 2.05) is 0 Å². The number of rotatable bonds is 4. The Kier molecular flexibility index (Phi) is 4.82. The van der Waals surface area contributed by atoms with E-state index in [4.69, 9.17) is 5.11 Å². The number of carboxylic acids is 1. The maximum absolute atomic E-state index is 12.5. The molecular formula is C14H15F2NO3S. The molecule has 2 atom stereocenters. The van der Waals surface area contributed by atoms with E-state index in [0.717, 1.165) is 0 Å². The third-order valence-corrected chi connectivity index (χ3v) is 4.34. The molecule has 1 fully saturated rings. The summed E-state index contributed by atoms with van der Waals surface area (Å²) in [7, 11) is 0. The first-order chi connectivity index (χ1) is 9.90. The standard InChI is InChI=1S/C14H15F2NO3S/c1-8-6-17(7-10(8)13(19)20)12(18)9-4-2-3-5-11(9)21-14(15)16/h2-5,8,10,14H,6-7H2,1H3,(H,19,20). The van der Waals surface area contributed by atoms with E-state index < -0.39 is 23.6 Å². The van der Waals surface area contributed by atoms with Crippen molar-refractivity contribution in [2.45, 2.75) is 17.6 Å². The maximum atomic E-state index is 12.5. The number of amides is 1. The van der Waals surface area contributed by atoms with Gasteiger partial charge in [0.05, 0.1) is 11.5 Å². The molecule has 7 heteroatoms. The molecule has 1 heterocycles. The highest BCUT2D eigenvalue weighted by molar-refractivity contribution is 7.99. The molecule has 0 bridgehead atoms. The van der Waals surface area contributed by atoms with Gasteiger partial charge in [-0.05, 0) is 18.1 Å². The average molecular weight is 315 g/mol. The molecular weight excluding hydrogens is 300 g/mol. The molecule has 114 valence electrons. The molecule has 4 nitrogen and oxygen atoms in total. The second-order valence-corrected chi connectivity index (χ2v) is 6.04. The van der Waals surface area contributed by atoms with E-state index in [1.165, 1.54) is 17.0 Å². The lowest BCUT2D eigenvalue weighted by atomic mass is 9.99. The highest BCUT2D eigenvalue weighted by Crippen LogP contribution is 2.31. The second kappa shape index (κ2) is 6.43. The Morgan fingerprint density at radius 3 is 2.57 bits per heavy atom. The summed E-state index contributed by atoms with van der Waals surface area (Å²) in [5, 5.41) is 9.09. The molecule has 0 spiro atoms. The van der Waals surface area contributed by atoms with Crippen LogP contribution < -0.4 is 0 Å². The first-order valence-corrected chi connectivity index (χ1v) is 7.34. The fourth-order valence-corrected chi connectivity index (χ4v) is 3.10. The number of nitrogens with zero attached hydrogens (tertiary/aromatic N) is 1. The van der Waals surface area contributed by atoms with Crippen LogP contribution in [0, 0.1) is 11.8 Å². The van der Waals surface area contributed by atoms with Crippen molar-refractivity contribution < 1.29 is 23.5 Å². The lowest BCUT2D eigenvalue weighted by molar-refractivity contribution is -0.142. The number of carbonyl (C=O) groups is 2. The fraction of sp³-hybridized carbons (Fsp3) is 0.429. The number of halogens is 2.